The first-order valence-electron chi connectivity index (χ1n) is 8.22. The minimum absolute atomic E-state index is 0.230. The number of rotatable bonds is 3. The van der Waals surface area contributed by atoms with Crippen LogP contribution in [-0.2, 0) is 0 Å². The van der Waals surface area contributed by atoms with Crippen molar-refractivity contribution in [3.8, 4) is 11.3 Å². The van der Waals surface area contributed by atoms with Crippen molar-refractivity contribution in [2.24, 2.45) is 0 Å². The van der Waals surface area contributed by atoms with Crippen molar-refractivity contribution >= 4 is 32.6 Å². The van der Waals surface area contributed by atoms with Gasteiger partial charge in [-0.3, -0.25) is 10.1 Å². The molecule has 1 amide bonds. The lowest BCUT2D eigenvalue weighted by Crippen LogP contribution is -2.11. The Bertz CT molecular complexity index is 1130. The van der Waals surface area contributed by atoms with E-state index >= 15 is 0 Å². The highest BCUT2D eigenvalue weighted by Crippen LogP contribution is 2.28. The Morgan fingerprint density at radius 2 is 1.88 bits per heavy atom. The molecule has 0 spiro atoms. The van der Waals surface area contributed by atoms with Crippen LogP contribution in [0.15, 0.2) is 47.0 Å². The highest BCUT2D eigenvalue weighted by Gasteiger charge is 2.16. The number of carbonyl (C=O) groups excluding carboxylic acids is 1. The number of aryl methyl sites for hydroxylation is 3. The van der Waals surface area contributed by atoms with Crippen LogP contribution < -0.4 is 5.32 Å². The predicted octanol–water partition coefficient (Wildman–Crippen LogP) is 5.13. The van der Waals surface area contributed by atoms with Crippen LogP contribution in [0.25, 0.3) is 21.5 Å². The van der Waals surface area contributed by atoms with Gasteiger partial charge in [0.2, 0.25) is 0 Å². The SMILES string of the molecule is Cc1ccc2nc(NC(=O)c3cc(-c4ccc(C)c(C)c4)on3)sc2c1. The molecule has 0 atom stereocenters. The zero-order valence-corrected chi connectivity index (χ0v) is 15.5. The zero-order valence-electron chi connectivity index (χ0n) is 14.7. The summed E-state index contributed by atoms with van der Waals surface area (Å²) in [6.45, 7) is 6.12. The molecule has 0 unspecified atom stereocenters. The molecule has 4 rings (SSSR count). The molecule has 2 aromatic heterocycles. The van der Waals surface area contributed by atoms with Gasteiger partial charge in [-0.15, -0.1) is 0 Å². The van der Waals surface area contributed by atoms with E-state index in [0.29, 0.717) is 10.9 Å². The number of thiazole rings is 1. The van der Waals surface area contributed by atoms with E-state index in [4.69, 9.17) is 4.52 Å². The van der Waals surface area contributed by atoms with Crippen molar-refractivity contribution in [1.82, 2.24) is 10.1 Å². The molecule has 6 heteroatoms. The van der Waals surface area contributed by atoms with Gasteiger partial charge in [-0.25, -0.2) is 4.98 Å². The smallest absolute Gasteiger partial charge is 0.279 e. The van der Waals surface area contributed by atoms with E-state index in [0.717, 1.165) is 26.9 Å². The average Bonchev–Trinajstić information content (AvgIpc) is 3.23. The van der Waals surface area contributed by atoms with Crippen LogP contribution in [0.1, 0.15) is 27.2 Å². The Kier molecular flexibility index (Phi) is 4.05. The maximum Gasteiger partial charge on any atom is 0.279 e. The van der Waals surface area contributed by atoms with Gasteiger partial charge in [-0.2, -0.15) is 0 Å². The molecule has 0 aliphatic carbocycles. The normalized spacial score (nSPS) is 11.0. The Labute approximate surface area is 154 Å². The zero-order chi connectivity index (χ0) is 18.3. The topological polar surface area (TPSA) is 68.0 Å². The molecule has 4 aromatic rings. The van der Waals surface area contributed by atoms with E-state index < -0.39 is 0 Å². The molecule has 0 aliphatic rings. The number of hydrogen-bond acceptors (Lipinski definition) is 5. The van der Waals surface area contributed by atoms with E-state index in [1.165, 1.54) is 16.9 Å². The van der Waals surface area contributed by atoms with Crippen LogP contribution >= 0.6 is 11.3 Å². The number of aromatic nitrogens is 2. The molecule has 26 heavy (non-hydrogen) atoms. The van der Waals surface area contributed by atoms with Gasteiger partial charge in [0.1, 0.15) is 0 Å². The number of hydrogen-bond donors (Lipinski definition) is 1. The molecular weight excluding hydrogens is 346 g/mol. The first kappa shape index (κ1) is 16.5. The molecule has 1 N–H and O–H groups in total. The monoisotopic (exact) mass is 363 g/mol. The number of nitrogens with zero attached hydrogens (tertiary/aromatic N) is 2. The van der Waals surface area contributed by atoms with Crippen molar-refractivity contribution in [3.05, 3.63) is 64.8 Å². The first-order valence-corrected chi connectivity index (χ1v) is 9.04. The highest BCUT2D eigenvalue weighted by atomic mass is 32.1. The van der Waals surface area contributed by atoms with Gasteiger partial charge in [0.05, 0.1) is 10.2 Å². The summed E-state index contributed by atoms with van der Waals surface area (Å²) in [5, 5.41) is 7.24. The van der Waals surface area contributed by atoms with Crippen LogP contribution in [0.5, 0.6) is 0 Å². The minimum Gasteiger partial charge on any atom is -0.355 e. The summed E-state index contributed by atoms with van der Waals surface area (Å²) < 4.78 is 6.39. The van der Waals surface area contributed by atoms with E-state index in [-0.39, 0.29) is 11.6 Å². The van der Waals surface area contributed by atoms with Crippen molar-refractivity contribution in [1.29, 1.82) is 0 Å². The lowest BCUT2D eigenvalue weighted by molar-refractivity contribution is 0.101. The lowest BCUT2D eigenvalue weighted by Gasteiger charge is -2.01. The molecule has 0 saturated heterocycles. The summed E-state index contributed by atoms with van der Waals surface area (Å²) in [4.78, 5) is 16.9. The Hall–Kier alpha value is -2.99. The van der Waals surface area contributed by atoms with Gasteiger partial charge in [-0.05, 0) is 55.7 Å². The van der Waals surface area contributed by atoms with Crippen LogP contribution in [0.3, 0.4) is 0 Å². The highest BCUT2D eigenvalue weighted by molar-refractivity contribution is 7.22. The molecule has 5 nitrogen and oxygen atoms in total. The molecule has 0 fully saturated rings. The Balaban J connectivity index is 1.56. The second-order valence-corrected chi connectivity index (χ2v) is 7.35. The van der Waals surface area contributed by atoms with Gasteiger partial charge >= 0.3 is 0 Å². The van der Waals surface area contributed by atoms with Crippen molar-refractivity contribution in [2.75, 3.05) is 5.32 Å². The molecule has 2 heterocycles. The number of carbonyl (C=O) groups is 1. The molecule has 130 valence electrons. The molecule has 0 aliphatic heterocycles. The third-order valence-corrected chi connectivity index (χ3v) is 5.23. The van der Waals surface area contributed by atoms with Gasteiger partial charge in [0, 0.05) is 11.6 Å². The molecule has 0 bridgehead atoms. The summed E-state index contributed by atoms with van der Waals surface area (Å²) in [7, 11) is 0. The Morgan fingerprint density at radius 1 is 1.04 bits per heavy atom. The summed E-state index contributed by atoms with van der Waals surface area (Å²) in [6.07, 6.45) is 0. The van der Waals surface area contributed by atoms with E-state index in [9.17, 15) is 4.79 Å². The standard InChI is InChI=1S/C20H17N3O2S/c1-11-4-7-15-18(8-11)26-20(21-15)22-19(24)16-10-17(25-23-16)14-6-5-12(2)13(3)9-14/h4-10H,1-3H3,(H,21,22,24). The number of nitrogens with one attached hydrogen (secondary N) is 1. The number of benzene rings is 2. The van der Waals surface area contributed by atoms with E-state index in [2.05, 4.69) is 28.4 Å². The van der Waals surface area contributed by atoms with Crippen LogP contribution in [0.2, 0.25) is 0 Å². The number of anilines is 1. The minimum atomic E-state index is -0.334. The molecular formula is C20H17N3O2S. The van der Waals surface area contributed by atoms with E-state index in [1.807, 2.05) is 44.2 Å². The first-order chi connectivity index (χ1) is 12.5. The Morgan fingerprint density at radius 3 is 2.69 bits per heavy atom. The maximum absolute atomic E-state index is 12.5. The predicted molar refractivity (Wildman–Crippen MR) is 104 cm³/mol. The molecule has 2 aromatic carbocycles. The van der Waals surface area contributed by atoms with Crippen molar-refractivity contribution in [2.45, 2.75) is 20.8 Å². The maximum atomic E-state index is 12.5. The van der Waals surface area contributed by atoms with Crippen LogP contribution in [-0.4, -0.2) is 16.0 Å². The van der Waals surface area contributed by atoms with Gasteiger partial charge in [0.25, 0.3) is 5.91 Å². The number of fused-ring (bicyclic) bond motifs is 1. The van der Waals surface area contributed by atoms with Gasteiger partial charge in [0.15, 0.2) is 16.6 Å². The van der Waals surface area contributed by atoms with E-state index in [1.54, 1.807) is 6.07 Å². The second kappa shape index (κ2) is 6.38. The summed E-state index contributed by atoms with van der Waals surface area (Å²) in [5.74, 6) is 0.234. The third-order valence-electron chi connectivity index (χ3n) is 4.30. The third kappa shape index (κ3) is 3.11. The molecule has 0 radical (unpaired) electrons. The van der Waals surface area contributed by atoms with Crippen molar-refractivity contribution < 1.29 is 9.32 Å². The van der Waals surface area contributed by atoms with Gasteiger partial charge < -0.3 is 4.52 Å². The van der Waals surface area contributed by atoms with Crippen LogP contribution in [0.4, 0.5) is 5.13 Å². The van der Waals surface area contributed by atoms with Crippen molar-refractivity contribution in [3.63, 3.8) is 0 Å². The molecule has 0 saturated carbocycles. The van der Waals surface area contributed by atoms with Gasteiger partial charge in [-0.1, -0.05) is 34.7 Å². The van der Waals surface area contributed by atoms with Crippen LogP contribution in [0, 0.1) is 20.8 Å². The summed E-state index contributed by atoms with van der Waals surface area (Å²) in [6, 6.07) is 13.7. The number of amides is 1. The fourth-order valence-electron chi connectivity index (χ4n) is 2.66. The second-order valence-electron chi connectivity index (χ2n) is 6.32. The largest absolute Gasteiger partial charge is 0.355 e. The summed E-state index contributed by atoms with van der Waals surface area (Å²) >= 11 is 1.44. The lowest BCUT2D eigenvalue weighted by atomic mass is 10.0. The fraction of sp³-hybridized carbons (Fsp3) is 0.150. The summed E-state index contributed by atoms with van der Waals surface area (Å²) in [5.41, 5.74) is 5.52. The quantitative estimate of drug-likeness (QED) is 0.548. The fourth-order valence-corrected chi connectivity index (χ4v) is 3.62. The average molecular weight is 363 g/mol.